The first-order chi connectivity index (χ1) is 13.0. The van der Waals surface area contributed by atoms with Gasteiger partial charge in [-0.2, -0.15) is 5.26 Å². The van der Waals surface area contributed by atoms with E-state index in [1.54, 1.807) is 6.20 Å². The van der Waals surface area contributed by atoms with Crippen molar-refractivity contribution in [1.82, 2.24) is 4.68 Å². The first kappa shape index (κ1) is 20.6. The van der Waals surface area contributed by atoms with Gasteiger partial charge in [-0.3, -0.25) is 0 Å². The summed E-state index contributed by atoms with van der Waals surface area (Å²) >= 11 is 0. The Morgan fingerprint density at radius 1 is 1.15 bits per heavy atom. The van der Waals surface area contributed by atoms with Gasteiger partial charge in [-0.05, 0) is 43.5 Å². The third-order valence-electron chi connectivity index (χ3n) is 4.82. The molecular formula is C21H31N6+. The molecule has 1 heterocycles. The van der Waals surface area contributed by atoms with E-state index in [2.05, 4.69) is 54.1 Å². The summed E-state index contributed by atoms with van der Waals surface area (Å²) in [7, 11) is 3.74. The van der Waals surface area contributed by atoms with Crippen LogP contribution in [-0.4, -0.2) is 17.8 Å². The SMILES string of the molecule is CCCCN(CCCC)c1ccc(N=Nc2c(C#N)c[n+](C)n2C)c(C)c1. The van der Waals surface area contributed by atoms with E-state index in [1.807, 2.05) is 29.5 Å². The quantitative estimate of drug-likeness (QED) is 0.470. The van der Waals surface area contributed by atoms with Crippen LogP contribution in [0, 0.1) is 18.3 Å². The van der Waals surface area contributed by atoms with Crippen LogP contribution < -0.4 is 9.58 Å². The first-order valence-corrected chi connectivity index (χ1v) is 9.74. The molecule has 2 aromatic rings. The zero-order valence-corrected chi connectivity index (χ0v) is 17.2. The Balaban J connectivity index is 2.24. The van der Waals surface area contributed by atoms with E-state index in [4.69, 9.17) is 0 Å². The number of aryl methyl sites for hydroxylation is 2. The Morgan fingerprint density at radius 2 is 1.81 bits per heavy atom. The number of hydrogen-bond donors (Lipinski definition) is 0. The highest BCUT2D eigenvalue weighted by Gasteiger charge is 2.16. The Morgan fingerprint density at radius 3 is 2.37 bits per heavy atom. The zero-order valence-electron chi connectivity index (χ0n) is 17.2. The van der Waals surface area contributed by atoms with Crippen molar-refractivity contribution < 1.29 is 4.68 Å². The van der Waals surface area contributed by atoms with Gasteiger partial charge in [0.1, 0.15) is 6.07 Å². The van der Waals surface area contributed by atoms with E-state index in [-0.39, 0.29) is 0 Å². The second kappa shape index (κ2) is 9.86. The van der Waals surface area contributed by atoms with Crippen LogP contribution in [0.3, 0.4) is 0 Å². The molecule has 6 heteroatoms. The number of nitriles is 1. The van der Waals surface area contributed by atoms with Crippen molar-refractivity contribution in [2.45, 2.75) is 46.5 Å². The lowest BCUT2D eigenvalue weighted by Crippen LogP contribution is -2.35. The van der Waals surface area contributed by atoms with Crippen molar-refractivity contribution in [2.24, 2.45) is 24.3 Å². The Hall–Kier alpha value is -2.68. The number of rotatable bonds is 9. The van der Waals surface area contributed by atoms with Gasteiger partial charge in [0.2, 0.25) is 12.0 Å². The molecule has 0 spiro atoms. The van der Waals surface area contributed by atoms with Crippen molar-refractivity contribution in [3.63, 3.8) is 0 Å². The maximum absolute atomic E-state index is 9.26. The van der Waals surface area contributed by atoms with Crippen LogP contribution in [0.1, 0.15) is 50.7 Å². The second-order valence-corrected chi connectivity index (χ2v) is 6.94. The standard InChI is InChI=1S/C21H31N6/c1-6-8-12-27(13-9-7-2)19-10-11-20(17(3)14-19)23-24-21-18(15-22)16-25(4)26(21)5/h10-11,14,16H,6-9,12-13H2,1-5H3/q+1. The molecular weight excluding hydrogens is 336 g/mol. The summed E-state index contributed by atoms with van der Waals surface area (Å²) in [4.78, 5) is 2.46. The predicted molar refractivity (Wildman–Crippen MR) is 109 cm³/mol. The molecule has 1 aromatic carbocycles. The van der Waals surface area contributed by atoms with Gasteiger partial charge in [0.15, 0.2) is 12.6 Å². The lowest BCUT2D eigenvalue weighted by Gasteiger charge is -2.25. The fourth-order valence-corrected chi connectivity index (χ4v) is 2.97. The molecule has 0 bridgehead atoms. The average molecular weight is 368 g/mol. The summed E-state index contributed by atoms with van der Waals surface area (Å²) in [5.41, 5.74) is 3.68. The molecule has 144 valence electrons. The molecule has 0 fully saturated rings. The number of aromatic nitrogens is 2. The molecule has 0 saturated heterocycles. The highest BCUT2D eigenvalue weighted by molar-refractivity contribution is 5.58. The van der Waals surface area contributed by atoms with Crippen molar-refractivity contribution in [3.8, 4) is 6.07 Å². The second-order valence-electron chi connectivity index (χ2n) is 6.94. The molecule has 0 saturated carbocycles. The van der Waals surface area contributed by atoms with Crippen molar-refractivity contribution in [3.05, 3.63) is 35.5 Å². The predicted octanol–water partition coefficient (Wildman–Crippen LogP) is 4.85. The van der Waals surface area contributed by atoms with E-state index in [1.165, 1.54) is 31.4 Å². The Bertz CT molecular complexity index is 820. The van der Waals surface area contributed by atoms with Gasteiger partial charge in [0.05, 0.1) is 12.7 Å². The van der Waals surface area contributed by atoms with Crippen LogP contribution >= 0.6 is 0 Å². The molecule has 0 aliphatic carbocycles. The van der Waals surface area contributed by atoms with Crippen LogP contribution in [0.15, 0.2) is 34.6 Å². The molecule has 0 aliphatic rings. The highest BCUT2D eigenvalue weighted by atomic mass is 15.4. The minimum absolute atomic E-state index is 0.517. The molecule has 0 N–H and O–H groups in total. The summed E-state index contributed by atoms with van der Waals surface area (Å²) in [5.74, 6) is 0.566. The summed E-state index contributed by atoms with van der Waals surface area (Å²) < 4.78 is 3.63. The molecule has 27 heavy (non-hydrogen) atoms. The number of benzene rings is 1. The largest absolute Gasteiger partial charge is 0.372 e. The molecule has 2 rings (SSSR count). The van der Waals surface area contributed by atoms with Gasteiger partial charge in [0.25, 0.3) is 0 Å². The maximum atomic E-state index is 9.26. The molecule has 0 aliphatic heterocycles. The number of anilines is 1. The third-order valence-corrected chi connectivity index (χ3v) is 4.82. The fraction of sp³-hybridized carbons (Fsp3) is 0.524. The van der Waals surface area contributed by atoms with Gasteiger partial charge < -0.3 is 4.90 Å². The topological polar surface area (TPSA) is 60.6 Å². The van der Waals surface area contributed by atoms with Crippen LogP contribution in [0.25, 0.3) is 0 Å². The molecule has 0 unspecified atom stereocenters. The summed E-state index contributed by atoms with van der Waals surface area (Å²) in [5, 5.41) is 18.0. The molecule has 6 nitrogen and oxygen atoms in total. The normalized spacial score (nSPS) is 11.1. The van der Waals surface area contributed by atoms with Gasteiger partial charge >= 0.3 is 0 Å². The minimum atomic E-state index is 0.517. The summed E-state index contributed by atoms with van der Waals surface area (Å²) in [6.07, 6.45) is 6.55. The van der Waals surface area contributed by atoms with E-state index in [9.17, 15) is 5.26 Å². The average Bonchev–Trinajstić information content (AvgIpc) is 2.94. The number of hydrogen-bond acceptors (Lipinski definition) is 4. The summed E-state index contributed by atoms with van der Waals surface area (Å²) in [6.45, 7) is 8.69. The van der Waals surface area contributed by atoms with Crippen LogP contribution in [-0.2, 0) is 14.1 Å². The van der Waals surface area contributed by atoms with E-state index in [0.717, 1.165) is 24.3 Å². The van der Waals surface area contributed by atoms with Gasteiger partial charge in [-0.15, -0.1) is 19.6 Å². The molecule has 1 aromatic heterocycles. The van der Waals surface area contributed by atoms with Gasteiger partial charge in [-0.25, -0.2) is 0 Å². The molecule has 0 radical (unpaired) electrons. The monoisotopic (exact) mass is 367 g/mol. The first-order valence-electron chi connectivity index (χ1n) is 9.74. The number of azo groups is 1. The summed E-state index contributed by atoms with van der Waals surface area (Å²) in [6, 6.07) is 8.51. The third kappa shape index (κ3) is 5.16. The van der Waals surface area contributed by atoms with E-state index >= 15 is 0 Å². The molecule has 0 amide bonds. The van der Waals surface area contributed by atoms with Crippen molar-refractivity contribution in [1.29, 1.82) is 5.26 Å². The number of unbranched alkanes of at least 4 members (excludes halogenated alkanes) is 2. The lowest BCUT2D eigenvalue weighted by molar-refractivity contribution is -0.750. The number of nitrogens with zero attached hydrogens (tertiary/aromatic N) is 6. The lowest BCUT2D eigenvalue weighted by atomic mass is 10.1. The van der Waals surface area contributed by atoms with Crippen LogP contribution in [0.2, 0.25) is 0 Å². The van der Waals surface area contributed by atoms with E-state index in [0.29, 0.717) is 11.4 Å². The highest BCUT2D eigenvalue weighted by Crippen LogP contribution is 2.27. The van der Waals surface area contributed by atoms with Crippen LogP contribution in [0.5, 0.6) is 0 Å². The Labute approximate surface area is 162 Å². The van der Waals surface area contributed by atoms with Crippen molar-refractivity contribution in [2.75, 3.05) is 18.0 Å². The maximum Gasteiger partial charge on any atom is 0.232 e. The minimum Gasteiger partial charge on any atom is -0.372 e. The fourth-order valence-electron chi connectivity index (χ4n) is 2.97. The van der Waals surface area contributed by atoms with E-state index < -0.39 is 0 Å². The smallest absolute Gasteiger partial charge is 0.232 e. The van der Waals surface area contributed by atoms with Gasteiger partial charge in [-0.1, -0.05) is 26.7 Å². The van der Waals surface area contributed by atoms with Crippen molar-refractivity contribution >= 4 is 17.2 Å². The van der Waals surface area contributed by atoms with Crippen LogP contribution in [0.4, 0.5) is 17.2 Å². The molecule has 0 atom stereocenters. The zero-order chi connectivity index (χ0) is 19.8. The Kier molecular flexibility index (Phi) is 7.54. The van der Waals surface area contributed by atoms with Gasteiger partial charge in [0, 0.05) is 18.8 Å².